The van der Waals surface area contributed by atoms with Gasteiger partial charge in [-0.25, -0.2) is 0 Å². The number of Topliss-reactive ketones (excluding diaryl/α,β-unsaturated/α-hetero) is 1. The van der Waals surface area contributed by atoms with Crippen molar-refractivity contribution in [2.45, 2.75) is 43.2 Å². The molecule has 1 N–H and O–H groups in total. The molecule has 0 bridgehead atoms. The molecule has 0 aromatic heterocycles. The average molecular weight is 268 g/mol. The summed E-state index contributed by atoms with van der Waals surface area (Å²) < 4.78 is 0. The van der Waals surface area contributed by atoms with Crippen LogP contribution >= 0.6 is 0 Å². The first-order valence-electron chi connectivity index (χ1n) is 7.93. The molecule has 5 rings (SSSR count). The van der Waals surface area contributed by atoms with Crippen molar-refractivity contribution in [2.24, 2.45) is 5.92 Å². The molecular formula is C17H20N2O. The van der Waals surface area contributed by atoms with Gasteiger partial charge in [0, 0.05) is 35.5 Å². The summed E-state index contributed by atoms with van der Waals surface area (Å²) in [5.74, 6) is 0.790. The third-order valence-electron chi connectivity index (χ3n) is 6.27. The van der Waals surface area contributed by atoms with E-state index in [1.165, 1.54) is 37.2 Å². The largest absolute Gasteiger partial charge is 0.381 e. The number of ketones is 1. The number of piperidine rings is 1. The third kappa shape index (κ3) is 1.15. The zero-order valence-electron chi connectivity index (χ0n) is 11.6. The Morgan fingerprint density at radius 3 is 3.10 bits per heavy atom. The van der Waals surface area contributed by atoms with Crippen LogP contribution in [-0.4, -0.2) is 35.9 Å². The summed E-state index contributed by atoms with van der Waals surface area (Å²) in [5.41, 5.74) is 2.96. The number of fused-ring (bicyclic) bond motifs is 1. The Kier molecular flexibility index (Phi) is 2.06. The number of hydrogen-bond acceptors (Lipinski definition) is 3. The molecule has 4 aliphatic rings. The maximum atomic E-state index is 12.6. The van der Waals surface area contributed by atoms with Gasteiger partial charge in [0.25, 0.3) is 0 Å². The zero-order chi connectivity index (χ0) is 13.3. The van der Waals surface area contributed by atoms with Gasteiger partial charge in [-0.2, -0.15) is 0 Å². The minimum absolute atomic E-state index is 0.204. The predicted octanol–water partition coefficient (Wildman–Crippen LogP) is 2.18. The van der Waals surface area contributed by atoms with Crippen LogP contribution in [-0.2, 0) is 10.2 Å². The summed E-state index contributed by atoms with van der Waals surface area (Å²) in [4.78, 5) is 15.2. The molecule has 3 heteroatoms. The molecule has 1 saturated carbocycles. The minimum atomic E-state index is 0.204. The molecule has 20 heavy (non-hydrogen) atoms. The van der Waals surface area contributed by atoms with Crippen molar-refractivity contribution in [1.82, 2.24) is 4.90 Å². The van der Waals surface area contributed by atoms with Crippen molar-refractivity contribution < 1.29 is 4.79 Å². The average Bonchev–Trinajstić information content (AvgIpc) is 3.01. The second kappa shape index (κ2) is 3.64. The first-order valence-corrected chi connectivity index (χ1v) is 7.93. The molecule has 3 fully saturated rings. The van der Waals surface area contributed by atoms with Crippen LogP contribution in [0.15, 0.2) is 24.3 Å². The van der Waals surface area contributed by atoms with Gasteiger partial charge in [-0.1, -0.05) is 18.2 Å². The third-order valence-corrected chi connectivity index (χ3v) is 6.27. The molecule has 3 nitrogen and oxygen atoms in total. The zero-order valence-corrected chi connectivity index (χ0v) is 11.6. The topological polar surface area (TPSA) is 32.3 Å². The molecule has 0 amide bonds. The van der Waals surface area contributed by atoms with Gasteiger partial charge >= 0.3 is 0 Å². The highest BCUT2D eigenvalue weighted by Crippen LogP contribution is 2.57. The monoisotopic (exact) mass is 268 g/mol. The van der Waals surface area contributed by atoms with Gasteiger partial charge in [0.2, 0.25) is 0 Å². The summed E-state index contributed by atoms with van der Waals surface area (Å²) in [6.45, 7) is 2.35. The second-order valence-electron chi connectivity index (χ2n) is 6.93. The van der Waals surface area contributed by atoms with E-state index < -0.39 is 0 Å². The van der Waals surface area contributed by atoms with Gasteiger partial charge in [-0.3, -0.25) is 9.69 Å². The summed E-state index contributed by atoms with van der Waals surface area (Å²) in [6, 6.07) is 9.54. The van der Waals surface area contributed by atoms with Crippen LogP contribution in [0.3, 0.4) is 0 Å². The van der Waals surface area contributed by atoms with Crippen molar-refractivity contribution in [3.63, 3.8) is 0 Å². The van der Waals surface area contributed by atoms with Crippen LogP contribution in [0.2, 0.25) is 0 Å². The van der Waals surface area contributed by atoms with Crippen LogP contribution in [0, 0.1) is 5.92 Å². The number of nitrogens with zero attached hydrogens (tertiary/aromatic N) is 1. The summed E-state index contributed by atoms with van der Waals surface area (Å²) in [6.07, 6.45) is 4.25. The summed E-state index contributed by atoms with van der Waals surface area (Å²) in [5, 5.41) is 3.67. The van der Waals surface area contributed by atoms with E-state index in [0.717, 1.165) is 12.8 Å². The van der Waals surface area contributed by atoms with E-state index in [2.05, 4.69) is 34.5 Å². The standard InChI is InChI=1S/C17H20N2O/c20-14-10-15-17(12-5-1-2-6-13(12)18-15)7-9-19-8-3-4-11(14)16(17)19/h1-2,5-6,11,15-16,18H,3-4,7-10H2/t11-,15-,16-,17-/m1/s1. The number of benzene rings is 1. The minimum Gasteiger partial charge on any atom is -0.381 e. The smallest absolute Gasteiger partial charge is 0.139 e. The molecule has 1 aromatic rings. The van der Waals surface area contributed by atoms with E-state index in [1.807, 2.05) is 0 Å². The molecule has 2 saturated heterocycles. The predicted molar refractivity (Wildman–Crippen MR) is 77.9 cm³/mol. The quantitative estimate of drug-likeness (QED) is 0.782. The highest BCUT2D eigenvalue weighted by atomic mass is 16.1. The van der Waals surface area contributed by atoms with Gasteiger partial charge in [0.15, 0.2) is 0 Å². The number of hydrogen-bond donors (Lipinski definition) is 1. The Balaban J connectivity index is 1.73. The molecular weight excluding hydrogens is 248 g/mol. The molecule has 1 aliphatic carbocycles. The Morgan fingerprint density at radius 1 is 1.25 bits per heavy atom. The highest BCUT2D eigenvalue weighted by molar-refractivity contribution is 5.87. The van der Waals surface area contributed by atoms with Gasteiger partial charge in [-0.15, -0.1) is 0 Å². The van der Waals surface area contributed by atoms with E-state index in [9.17, 15) is 4.79 Å². The Bertz CT molecular complexity index is 598. The maximum Gasteiger partial charge on any atom is 0.139 e. The Labute approximate surface area is 119 Å². The molecule has 3 aliphatic heterocycles. The molecule has 1 aromatic carbocycles. The van der Waals surface area contributed by atoms with E-state index in [-0.39, 0.29) is 11.3 Å². The number of carbonyl (C=O) groups is 1. The molecule has 1 spiro atoms. The number of nitrogens with one attached hydrogen (secondary N) is 1. The number of rotatable bonds is 0. The van der Waals surface area contributed by atoms with Crippen LogP contribution in [0.1, 0.15) is 31.2 Å². The van der Waals surface area contributed by atoms with Crippen LogP contribution in [0.4, 0.5) is 5.69 Å². The van der Waals surface area contributed by atoms with E-state index in [1.54, 1.807) is 0 Å². The second-order valence-corrected chi connectivity index (χ2v) is 6.93. The fourth-order valence-electron chi connectivity index (χ4n) is 5.59. The molecule has 0 unspecified atom stereocenters. The van der Waals surface area contributed by atoms with Crippen molar-refractivity contribution >= 4 is 11.5 Å². The van der Waals surface area contributed by atoms with Crippen molar-refractivity contribution in [3.8, 4) is 0 Å². The lowest BCUT2D eigenvalue weighted by Crippen LogP contribution is -2.61. The van der Waals surface area contributed by atoms with Gasteiger partial charge in [0.1, 0.15) is 5.78 Å². The molecule has 0 radical (unpaired) electrons. The van der Waals surface area contributed by atoms with Crippen molar-refractivity contribution in [3.05, 3.63) is 29.8 Å². The van der Waals surface area contributed by atoms with Crippen LogP contribution in [0.5, 0.6) is 0 Å². The van der Waals surface area contributed by atoms with Gasteiger partial charge in [-0.05, 0) is 44.0 Å². The first-order chi connectivity index (χ1) is 9.80. The summed E-state index contributed by atoms with van der Waals surface area (Å²) >= 11 is 0. The van der Waals surface area contributed by atoms with Crippen molar-refractivity contribution in [1.29, 1.82) is 0 Å². The van der Waals surface area contributed by atoms with Gasteiger partial charge in [0.05, 0.1) is 0 Å². The lowest BCUT2D eigenvalue weighted by molar-refractivity contribution is -0.131. The lowest BCUT2D eigenvalue weighted by Gasteiger charge is -2.49. The maximum absolute atomic E-state index is 12.6. The van der Waals surface area contributed by atoms with E-state index in [0.29, 0.717) is 17.9 Å². The number of carbonyl (C=O) groups excluding carboxylic acids is 1. The van der Waals surface area contributed by atoms with Crippen LogP contribution in [0.25, 0.3) is 0 Å². The summed E-state index contributed by atoms with van der Waals surface area (Å²) in [7, 11) is 0. The molecule has 4 atom stereocenters. The Morgan fingerprint density at radius 2 is 2.15 bits per heavy atom. The van der Waals surface area contributed by atoms with E-state index in [4.69, 9.17) is 0 Å². The number of para-hydroxylation sites is 1. The normalized spacial score (nSPS) is 41.8. The fraction of sp³-hybridized carbons (Fsp3) is 0.588. The number of anilines is 1. The molecule has 3 heterocycles. The first kappa shape index (κ1) is 11.3. The lowest BCUT2D eigenvalue weighted by atomic mass is 9.59. The SMILES string of the molecule is O=C1C[C@H]2Nc3ccccc3[C@]23CCN2CCC[C@H]1[C@@H]23. The van der Waals surface area contributed by atoms with Crippen molar-refractivity contribution in [2.75, 3.05) is 18.4 Å². The highest BCUT2D eigenvalue weighted by Gasteiger charge is 2.63. The molecule has 104 valence electrons. The Hall–Kier alpha value is -1.35. The fourth-order valence-corrected chi connectivity index (χ4v) is 5.59. The van der Waals surface area contributed by atoms with Gasteiger partial charge < -0.3 is 5.32 Å². The van der Waals surface area contributed by atoms with E-state index >= 15 is 0 Å². The van der Waals surface area contributed by atoms with Crippen LogP contribution < -0.4 is 5.32 Å².